The van der Waals surface area contributed by atoms with E-state index < -0.39 is 10.8 Å². The summed E-state index contributed by atoms with van der Waals surface area (Å²) in [5.41, 5.74) is 2.57. The minimum Gasteiger partial charge on any atom is -0.322 e. The van der Waals surface area contributed by atoms with E-state index in [0.717, 1.165) is 16.9 Å². The Kier molecular flexibility index (Phi) is 6.34. The standard InChI is InChI=1S/C21H17ClN2O3S/c1-14-11-15(13-28-17-5-3-2-4-6-17)7-10-20(14)23-21(25)18-12-16(24(26)27)8-9-19(18)22/h2-12H,13H2,1H3,(H,23,25). The van der Waals surface area contributed by atoms with E-state index in [1.807, 2.05) is 43.3 Å². The molecule has 142 valence electrons. The average molecular weight is 413 g/mol. The van der Waals surface area contributed by atoms with Crippen LogP contribution in [0.1, 0.15) is 21.5 Å². The summed E-state index contributed by atoms with van der Waals surface area (Å²) in [7, 11) is 0. The molecule has 3 rings (SSSR count). The molecule has 5 nitrogen and oxygen atoms in total. The maximum atomic E-state index is 12.5. The Bertz CT molecular complexity index is 1030. The van der Waals surface area contributed by atoms with Crippen molar-refractivity contribution in [3.8, 4) is 0 Å². The fourth-order valence-corrected chi connectivity index (χ4v) is 3.70. The second-order valence-corrected chi connectivity index (χ2v) is 7.58. The Labute approximate surface area is 171 Å². The highest BCUT2D eigenvalue weighted by Crippen LogP contribution is 2.27. The molecule has 0 heterocycles. The molecule has 0 atom stereocenters. The first-order valence-corrected chi connectivity index (χ1v) is 9.83. The number of non-ortho nitro benzene ring substituents is 1. The third kappa shape index (κ3) is 4.91. The topological polar surface area (TPSA) is 72.2 Å². The van der Waals surface area contributed by atoms with E-state index in [1.165, 1.54) is 23.1 Å². The van der Waals surface area contributed by atoms with E-state index in [-0.39, 0.29) is 16.3 Å². The second-order valence-electron chi connectivity index (χ2n) is 6.13. The third-order valence-electron chi connectivity index (χ3n) is 4.09. The van der Waals surface area contributed by atoms with Gasteiger partial charge in [0.25, 0.3) is 11.6 Å². The largest absolute Gasteiger partial charge is 0.322 e. The van der Waals surface area contributed by atoms with E-state index in [1.54, 1.807) is 11.8 Å². The summed E-state index contributed by atoms with van der Waals surface area (Å²) in [5, 5.41) is 13.9. The van der Waals surface area contributed by atoms with Crippen LogP contribution in [0.15, 0.2) is 71.6 Å². The van der Waals surface area contributed by atoms with Crippen LogP contribution in [0.2, 0.25) is 5.02 Å². The van der Waals surface area contributed by atoms with Crippen molar-refractivity contribution in [1.82, 2.24) is 0 Å². The molecule has 1 amide bonds. The zero-order valence-corrected chi connectivity index (χ0v) is 16.6. The van der Waals surface area contributed by atoms with Crippen LogP contribution in [0.25, 0.3) is 0 Å². The molecule has 0 aliphatic rings. The maximum Gasteiger partial charge on any atom is 0.270 e. The van der Waals surface area contributed by atoms with Gasteiger partial charge in [-0.15, -0.1) is 11.8 Å². The summed E-state index contributed by atoms with van der Waals surface area (Å²) in [6, 6.07) is 19.7. The van der Waals surface area contributed by atoms with Crippen LogP contribution in [0.3, 0.4) is 0 Å². The van der Waals surface area contributed by atoms with Crippen molar-refractivity contribution >= 4 is 40.6 Å². The van der Waals surface area contributed by atoms with Gasteiger partial charge in [0.1, 0.15) is 0 Å². The van der Waals surface area contributed by atoms with Crippen LogP contribution in [0.4, 0.5) is 11.4 Å². The molecule has 0 aliphatic carbocycles. The molecule has 0 bridgehead atoms. The van der Waals surface area contributed by atoms with Crippen LogP contribution in [-0.2, 0) is 5.75 Å². The van der Waals surface area contributed by atoms with Gasteiger partial charge in [0.05, 0.1) is 15.5 Å². The Morgan fingerprint density at radius 2 is 1.86 bits per heavy atom. The minimum atomic E-state index is -0.558. The molecule has 3 aromatic rings. The lowest BCUT2D eigenvalue weighted by Gasteiger charge is -2.11. The number of nitro groups is 1. The van der Waals surface area contributed by atoms with Crippen molar-refractivity contribution in [3.63, 3.8) is 0 Å². The molecule has 28 heavy (non-hydrogen) atoms. The summed E-state index contributed by atoms with van der Waals surface area (Å²) >= 11 is 7.78. The molecule has 0 aromatic heterocycles. The first-order valence-electron chi connectivity index (χ1n) is 8.46. The lowest BCUT2D eigenvalue weighted by atomic mass is 10.1. The fraction of sp³-hybridized carbons (Fsp3) is 0.0952. The van der Waals surface area contributed by atoms with Crippen LogP contribution < -0.4 is 5.32 Å². The first-order chi connectivity index (χ1) is 13.4. The highest BCUT2D eigenvalue weighted by molar-refractivity contribution is 7.98. The van der Waals surface area contributed by atoms with Gasteiger partial charge in [0, 0.05) is 28.5 Å². The van der Waals surface area contributed by atoms with Gasteiger partial charge in [-0.05, 0) is 42.3 Å². The number of thioether (sulfide) groups is 1. The van der Waals surface area contributed by atoms with Crippen LogP contribution in [0.5, 0.6) is 0 Å². The van der Waals surface area contributed by atoms with E-state index in [0.29, 0.717) is 5.69 Å². The number of carbonyl (C=O) groups is 1. The smallest absolute Gasteiger partial charge is 0.270 e. The first kappa shape index (κ1) is 19.9. The molecule has 0 aliphatic heterocycles. The average Bonchev–Trinajstić information content (AvgIpc) is 2.69. The monoisotopic (exact) mass is 412 g/mol. The van der Waals surface area contributed by atoms with Crippen molar-refractivity contribution in [2.24, 2.45) is 0 Å². The van der Waals surface area contributed by atoms with Gasteiger partial charge in [-0.1, -0.05) is 41.9 Å². The lowest BCUT2D eigenvalue weighted by Crippen LogP contribution is -2.13. The number of hydrogen-bond acceptors (Lipinski definition) is 4. The number of halogens is 1. The minimum absolute atomic E-state index is 0.0685. The number of aryl methyl sites for hydroxylation is 1. The second kappa shape index (κ2) is 8.91. The molecule has 1 N–H and O–H groups in total. The predicted molar refractivity (Wildman–Crippen MR) is 113 cm³/mol. The zero-order valence-electron chi connectivity index (χ0n) is 15.0. The van der Waals surface area contributed by atoms with E-state index in [2.05, 4.69) is 17.4 Å². The van der Waals surface area contributed by atoms with Crippen molar-refractivity contribution in [2.75, 3.05) is 5.32 Å². The van der Waals surface area contributed by atoms with Gasteiger partial charge in [-0.3, -0.25) is 14.9 Å². The van der Waals surface area contributed by atoms with Crippen molar-refractivity contribution in [2.45, 2.75) is 17.6 Å². The van der Waals surface area contributed by atoms with Crippen molar-refractivity contribution in [1.29, 1.82) is 0 Å². The summed E-state index contributed by atoms with van der Waals surface area (Å²) in [4.78, 5) is 24.1. The molecular formula is C21H17ClN2O3S. The number of benzene rings is 3. The van der Waals surface area contributed by atoms with Crippen molar-refractivity contribution in [3.05, 3.63) is 98.6 Å². The van der Waals surface area contributed by atoms with Crippen molar-refractivity contribution < 1.29 is 9.72 Å². The molecule has 7 heteroatoms. The van der Waals surface area contributed by atoms with Crippen LogP contribution in [-0.4, -0.2) is 10.8 Å². The Morgan fingerprint density at radius 1 is 1.11 bits per heavy atom. The third-order valence-corrected chi connectivity index (χ3v) is 5.51. The Balaban J connectivity index is 1.72. The van der Waals surface area contributed by atoms with Gasteiger partial charge in [-0.2, -0.15) is 0 Å². The molecule has 0 spiro atoms. The van der Waals surface area contributed by atoms with Crippen LogP contribution in [0, 0.1) is 17.0 Å². The highest BCUT2D eigenvalue weighted by Gasteiger charge is 2.16. The number of rotatable bonds is 6. The molecule has 3 aromatic carbocycles. The number of amides is 1. The van der Waals surface area contributed by atoms with Gasteiger partial charge < -0.3 is 5.32 Å². The van der Waals surface area contributed by atoms with Gasteiger partial charge >= 0.3 is 0 Å². The van der Waals surface area contributed by atoms with Gasteiger partial charge in [0.2, 0.25) is 0 Å². The number of carbonyl (C=O) groups excluding carboxylic acids is 1. The summed E-state index contributed by atoms with van der Waals surface area (Å²) in [6.07, 6.45) is 0. The Hall–Kier alpha value is -2.83. The Morgan fingerprint density at radius 3 is 2.54 bits per heavy atom. The molecular weight excluding hydrogens is 396 g/mol. The van der Waals surface area contributed by atoms with E-state index in [9.17, 15) is 14.9 Å². The normalized spacial score (nSPS) is 10.5. The number of nitrogens with one attached hydrogen (secondary N) is 1. The maximum absolute atomic E-state index is 12.5. The number of nitrogens with zero attached hydrogens (tertiary/aromatic N) is 1. The summed E-state index contributed by atoms with van der Waals surface area (Å²) in [6.45, 7) is 1.90. The quantitative estimate of drug-likeness (QED) is 0.301. The molecule has 0 saturated heterocycles. The number of hydrogen-bond donors (Lipinski definition) is 1. The zero-order chi connectivity index (χ0) is 20.1. The SMILES string of the molecule is Cc1cc(CSc2ccccc2)ccc1NC(=O)c1cc([N+](=O)[O-])ccc1Cl. The predicted octanol–water partition coefficient (Wildman–Crippen LogP) is 6.10. The van der Waals surface area contributed by atoms with Crippen LogP contribution >= 0.6 is 23.4 Å². The fourth-order valence-electron chi connectivity index (χ4n) is 2.63. The van der Waals surface area contributed by atoms with Gasteiger partial charge in [0.15, 0.2) is 0 Å². The highest BCUT2D eigenvalue weighted by atomic mass is 35.5. The summed E-state index contributed by atoms with van der Waals surface area (Å²) in [5.74, 6) is 0.332. The van der Waals surface area contributed by atoms with E-state index in [4.69, 9.17) is 11.6 Å². The molecule has 0 unspecified atom stereocenters. The number of nitro benzene ring substituents is 1. The van der Waals surface area contributed by atoms with Gasteiger partial charge in [-0.25, -0.2) is 0 Å². The summed E-state index contributed by atoms with van der Waals surface area (Å²) < 4.78 is 0. The molecule has 0 saturated carbocycles. The van der Waals surface area contributed by atoms with E-state index >= 15 is 0 Å². The molecule has 0 radical (unpaired) electrons. The number of anilines is 1. The molecule has 0 fully saturated rings. The lowest BCUT2D eigenvalue weighted by molar-refractivity contribution is -0.384.